The van der Waals surface area contributed by atoms with Crippen molar-refractivity contribution in [1.29, 1.82) is 5.26 Å². The summed E-state index contributed by atoms with van der Waals surface area (Å²) in [6.45, 7) is 0. The number of hydrogen-bond acceptors (Lipinski definition) is 3. The number of benzene rings is 2. The van der Waals surface area contributed by atoms with Crippen LogP contribution in [0.1, 0.15) is 5.56 Å². The molecule has 2 aromatic carbocycles. The molecule has 2 aromatic rings. The molecule has 0 spiro atoms. The molecule has 2 N–H and O–H groups in total. The highest BCUT2D eigenvalue weighted by molar-refractivity contribution is 9.10. The highest BCUT2D eigenvalue weighted by Gasteiger charge is 2.08. The zero-order valence-corrected chi connectivity index (χ0v) is 11.5. The third-order valence-corrected chi connectivity index (χ3v) is 3.21. The Morgan fingerprint density at radius 1 is 1.22 bits per heavy atom. The van der Waals surface area contributed by atoms with Crippen LogP contribution in [0.5, 0.6) is 0 Å². The number of hydrogen-bond donors (Lipinski definition) is 1. The summed E-state index contributed by atoms with van der Waals surface area (Å²) in [7, 11) is 1.94. The summed E-state index contributed by atoms with van der Waals surface area (Å²) in [6.07, 6.45) is 0. The van der Waals surface area contributed by atoms with E-state index in [1.807, 2.05) is 42.3 Å². The Balaban J connectivity index is 2.40. The molecule has 0 aliphatic heterocycles. The average Bonchev–Trinajstić information content (AvgIpc) is 2.37. The van der Waals surface area contributed by atoms with Gasteiger partial charge < -0.3 is 10.6 Å². The van der Waals surface area contributed by atoms with E-state index in [-0.39, 0.29) is 0 Å². The van der Waals surface area contributed by atoms with Crippen molar-refractivity contribution in [2.75, 3.05) is 17.7 Å². The van der Waals surface area contributed by atoms with E-state index in [9.17, 15) is 0 Å². The molecule has 0 aliphatic rings. The highest BCUT2D eigenvalue weighted by Crippen LogP contribution is 2.30. The number of nitrogen functional groups attached to an aromatic ring is 1. The summed E-state index contributed by atoms with van der Waals surface area (Å²) >= 11 is 3.44. The molecule has 4 heteroatoms. The van der Waals surface area contributed by atoms with E-state index in [2.05, 4.69) is 22.0 Å². The van der Waals surface area contributed by atoms with Crippen molar-refractivity contribution in [3.63, 3.8) is 0 Å². The molecule has 0 amide bonds. The topological polar surface area (TPSA) is 53.0 Å². The van der Waals surface area contributed by atoms with Crippen LogP contribution in [-0.2, 0) is 0 Å². The van der Waals surface area contributed by atoms with Gasteiger partial charge in [-0.25, -0.2) is 0 Å². The van der Waals surface area contributed by atoms with Crippen molar-refractivity contribution in [3.05, 3.63) is 52.5 Å². The molecule has 0 aliphatic carbocycles. The summed E-state index contributed by atoms with van der Waals surface area (Å²) < 4.78 is 1.01. The van der Waals surface area contributed by atoms with Crippen molar-refractivity contribution in [2.24, 2.45) is 0 Å². The average molecular weight is 302 g/mol. The smallest absolute Gasteiger partial charge is 0.0992 e. The van der Waals surface area contributed by atoms with Crippen LogP contribution in [0, 0.1) is 11.3 Å². The van der Waals surface area contributed by atoms with E-state index in [4.69, 9.17) is 11.0 Å². The van der Waals surface area contributed by atoms with Gasteiger partial charge in [0, 0.05) is 17.2 Å². The van der Waals surface area contributed by atoms with E-state index >= 15 is 0 Å². The molecule has 0 atom stereocenters. The van der Waals surface area contributed by atoms with Crippen molar-refractivity contribution in [1.82, 2.24) is 0 Å². The maximum Gasteiger partial charge on any atom is 0.0992 e. The van der Waals surface area contributed by atoms with Crippen LogP contribution in [0.25, 0.3) is 0 Å². The predicted octanol–water partition coefficient (Wildman–Crippen LogP) is 3.67. The van der Waals surface area contributed by atoms with Gasteiger partial charge in [-0.05, 0) is 36.4 Å². The number of halogens is 1. The van der Waals surface area contributed by atoms with Gasteiger partial charge in [0.1, 0.15) is 0 Å². The summed E-state index contributed by atoms with van der Waals surface area (Å²) in [5.41, 5.74) is 9.04. The Hall–Kier alpha value is -1.99. The number of anilines is 3. The zero-order chi connectivity index (χ0) is 13.1. The second-order valence-corrected chi connectivity index (χ2v) is 4.84. The summed E-state index contributed by atoms with van der Waals surface area (Å²) in [6, 6.07) is 15.3. The third kappa shape index (κ3) is 2.47. The molecule has 0 fully saturated rings. The first-order valence-corrected chi connectivity index (χ1v) is 6.20. The standard InChI is InChI=1S/C14H12BrN3/c1-18(12-4-2-3-11(15)8-12)14-6-5-10(9-16)7-13(14)17/h2-8H,17H2,1H3. The quantitative estimate of drug-likeness (QED) is 0.861. The Kier molecular flexibility index (Phi) is 3.54. The molecule has 0 heterocycles. The van der Waals surface area contributed by atoms with Crippen LogP contribution in [0.4, 0.5) is 17.1 Å². The van der Waals surface area contributed by atoms with Crippen molar-refractivity contribution in [3.8, 4) is 6.07 Å². The molecule has 18 heavy (non-hydrogen) atoms. The third-order valence-electron chi connectivity index (χ3n) is 2.71. The van der Waals surface area contributed by atoms with Crippen molar-refractivity contribution >= 4 is 33.0 Å². The van der Waals surface area contributed by atoms with Gasteiger partial charge in [0.05, 0.1) is 23.0 Å². The van der Waals surface area contributed by atoms with Crippen LogP contribution < -0.4 is 10.6 Å². The molecule has 0 saturated heterocycles. The van der Waals surface area contributed by atoms with E-state index in [0.717, 1.165) is 15.8 Å². The molecule has 0 aromatic heterocycles. The molecule has 0 radical (unpaired) electrons. The van der Waals surface area contributed by atoms with Gasteiger partial charge in [-0.1, -0.05) is 22.0 Å². The van der Waals surface area contributed by atoms with E-state index in [1.54, 1.807) is 12.1 Å². The minimum atomic E-state index is 0.568. The number of nitriles is 1. The predicted molar refractivity (Wildman–Crippen MR) is 77.8 cm³/mol. The van der Waals surface area contributed by atoms with E-state index in [0.29, 0.717) is 11.3 Å². The first-order valence-electron chi connectivity index (χ1n) is 5.41. The van der Waals surface area contributed by atoms with Gasteiger partial charge in [-0.15, -0.1) is 0 Å². The Morgan fingerprint density at radius 3 is 2.61 bits per heavy atom. The maximum absolute atomic E-state index is 8.82. The maximum atomic E-state index is 8.82. The highest BCUT2D eigenvalue weighted by atomic mass is 79.9. The zero-order valence-electron chi connectivity index (χ0n) is 9.89. The van der Waals surface area contributed by atoms with Crippen LogP contribution in [0.15, 0.2) is 46.9 Å². The SMILES string of the molecule is CN(c1cccc(Br)c1)c1ccc(C#N)cc1N. The number of nitrogens with two attached hydrogens (primary N) is 1. The van der Waals surface area contributed by atoms with Crippen LogP contribution in [-0.4, -0.2) is 7.05 Å². The van der Waals surface area contributed by atoms with Crippen molar-refractivity contribution in [2.45, 2.75) is 0 Å². The molecule has 0 unspecified atom stereocenters. The molecular weight excluding hydrogens is 290 g/mol. The van der Waals surface area contributed by atoms with Gasteiger partial charge in [-0.2, -0.15) is 5.26 Å². The fourth-order valence-corrected chi connectivity index (χ4v) is 2.14. The molecule has 90 valence electrons. The minimum absolute atomic E-state index is 0.568. The van der Waals surface area contributed by atoms with E-state index < -0.39 is 0 Å². The molecule has 0 saturated carbocycles. The fourth-order valence-electron chi connectivity index (χ4n) is 1.75. The largest absolute Gasteiger partial charge is 0.397 e. The lowest BCUT2D eigenvalue weighted by molar-refractivity contribution is 1.21. The monoisotopic (exact) mass is 301 g/mol. The molecule has 2 rings (SSSR count). The van der Waals surface area contributed by atoms with Crippen LogP contribution >= 0.6 is 15.9 Å². The molecule has 3 nitrogen and oxygen atoms in total. The van der Waals surface area contributed by atoms with E-state index in [1.165, 1.54) is 0 Å². The lowest BCUT2D eigenvalue weighted by Crippen LogP contribution is -2.11. The lowest BCUT2D eigenvalue weighted by Gasteiger charge is -2.21. The van der Waals surface area contributed by atoms with Gasteiger partial charge in [-0.3, -0.25) is 0 Å². The summed E-state index contributed by atoms with van der Waals surface area (Å²) in [5.74, 6) is 0. The molecule has 0 bridgehead atoms. The van der Waals surface area contributed by atoms with Gasteiger partial charge in [0.25, 0.3) is 0 Å². The first kappa shape index (κ1) is 12.5. The summed E-state index contributed by atoms with van der Waals surface area (Å²) in [4.78, 5) is 1.99. The summed E-state index contributed by atoms with van der Waals surface area (Å²) in [5, 5.41) is 8.82. The Bertz CT molecular complexity index is 617. The minimum Gasteiger partial charge on any atom is -0.397 e. The fraction of sp³-hybridized carbons (Fsp3) is 0.0714. The van der Waals surface area contributed by atoms with Gasteiger partial charge >= 0.3 is 0 Å². The van der Waals surface area contributed by atoms with Gasteiger partial charge in [0.15, 0.2) is 0 Å². The number of nitrogens with zero attached hydrogens (tertiary/aromatic N) is 2. The molecular formula is C14H12BrN3. The first-order chi connectivity index (χ1) is 8.61. The number of rotatable bonds is 2. The van der Waals surface area contributed by atoms with Crippen molar-refractivity contribution < 1.29 is 0 Å². The van der Waals surface area contributed by atoms with Crippen LogP contribution in [0.3, 0.4) is 0 Å². The second kappa shape index (κ2) is 5.11. The lowest BCUT2D eigenvalue weighted by atomic mass is 10.1. The second-order valence-electron chi connectivity index (χ2n) is 3.92. The Morgan fingerprint density at radius 2 is 2.00 bits per heavy atom. The van der Waals surface area contributed by atoms with Gasteiger partial charge in [0.2, 0.25) is 0 Å². The normalized spacial score (nSPS) is 9.83. The Labute approximate surface area is 115 Å². The van der Waals surface area contributed by atoms with Crippen LogP contribution in [0.2, 0.25) is 0 Å².